The topological polar surface area (TPSA) is 97.6 Å². The van der Waals surface area contributed by atoms with E-state index in [0.29, 0.717) is 12.2 Å². The van der Waals surface area contributed by atoms with E-state index >= 15 is 0 Å². The lowest BCUT2D eigenvalue weighted by molar-refractivity contribution is -0.132. The third-order valence-electron chi connectivity index (χ3n) is 5.62. The van der Waals surface area contributed by atoms with Crippen molar-refractivity contribution in [2.75, 3.05) is 0 Å². The van der Waals surface area contributed by atoms with E-state index in [9.17, 15) is 9.59 Å². The highest BCUT2D eigenvalue weighted by Gasteiger charge is 2.17. The molecule has 8 heteroatoms. The molecule has 0 aliphatic heterocycles. The summed E-state index contributed by atoms with van der Waals surface area (Å²) in [5, 5.41) is 6.58. The molecule has 1 unspecified atom stereocenters. The number of amides is 2. The smallest absolute Gasteiger partial charge is 0.279 e. The number of aromatic nitrogens is 3. The average Bonchev–Trinajstić information content (AvgIpc) is 3.17. The Kier molecular flexibility index (Phi) is 6.26. The van der Waals surface area contributed by atoms with E-state index in [1.807, 2.05) is 69.3 Å². The van der Waals surface area contributed by atoms with Crippen LogP contribution in [-0.2, 0) is 16.0 Å². The Bertz CT molecular complexity index is 1340. The van der Waals surface area contributed by atoms with Gasteiger partial charge in [-0.05, 0) is 62.6 Å². The quantitative estimate of drug-likeness (QED) is 0.444. The number of rotatable bonds is 6. The van der Waals surface area contributed by atoms with Crippen LogP contribution >= 0.6 is 0 Å². The van der Waals surface area contributed by atoms with Crippen LogP contribution in [0.2, 0.25) is 0 Å². The van der Waals surface area contributed by atoms with Crippen molar-refractivity contribution in [2.45, 2.75) is 46.6 Å². The molecule has 2 aromatic heterocycles. The van der Waals surface area contributed by atoms with Crippen LogP contribution < -0.4 is 15.6 Å². The number of hydrogen-bond acceptors (Lipinski definition) is 5. The molecule has 4 rings (SSSR count). The number of hydrazine groups is 1. The highest BCUT2D eigenvalue weighted by Crippen LogP contribution is 2.21. The Hall–Kier alpha value is -3.94. The van der Waals surface area contributed by atoms with Crippen molar-refractivity contribution in [3.63, 3.8) is 0 Å². The van der Waals surface area contributed by atoms with E-state index in [1.165, 1.54) is 0 Å². The lowest BCUT2D eigenvalue weighted by Gasteiger charge is -2.16. The number of fused-ring (bicyclic) bond motifs is 2. The molecule has 1 atom stereocenters. The summed E-state index contributed by atoms with van der Waals surface area (Å²) in [7, 11) is 0. The predicted octanol–water partition coefficient (Wildman–Crippen LogP) is 3.36. The summed E-state index contributed by atoms with van der Waals surface area (Å²) < 4.78 is 7.53. The molecule has 2 amide bonds. The Morgan fingerprint density at radius 2 is 1.79 bits per heavy atom. The van der Waals surface area contributed by atoms with E-state index in [4.69, 9.17) is 4.74 Å². The summed E-state index contributed by atoms with van der Waals surface area (Å²) in [6.07, 6.45) is -0.0785. The van der Waals surface area contributed by atoms with Gasteiger partial charge in [-0.25, -0.2) is 9.50 Å². The van der Waals surface area contributed by atoms with Gasteiger partial charge in [-0.3, -0.25) is 20.4 Å². The van der Waals surface area contributed by atoms with Gasteiger partial charge in [0.1, 0.15) is 5.75 Å². The van der Waals surface area contributed by atoms with Crippen LogP contribution in [0.3, 0.4) is 0 Å². The fourth-order valence-corrected chi connectivity index (χ4v) is 3.84. The molecule has 0 aliphatic rings. The summed E-state index contributed by atoms with van der Waals surface area (Å²) in [5.41, 5.74) is 9.40. The second kappa shape index (κ2) is 9.28. The fraction of sp³-hybridized carbons (Fsp3) is 0.280. The molecule has 170 valence electrons. The Labute approximate surface area is 191 Å². The monoisotopic (exact) mass is 445 g/mol. The van der Waals surface area contributed by atoms with Gasteiger partial charge in [0, 0.05) is 23.9 Å². The molecule has 2 aromatic carbocycles. The summed E-state index contributed by atoms with van der Waals surface area (Å²) in [6, 6.07) is 15.5. The first-order chi connectivity index (χ1) is 15.8. The van der Waals surface area contributed by atoms with Crippen molar-refractivity contribution in [1.29, 1.82) is 0 Å². The van der Waals surface area contributed by atoms with Gasteiger partial charge in [0.05, 0.1) is 5.69 Å². The molecule has 0 radical (unpaired) electrons. The minimum atomic E-state index is -0.773. The van der Waals surface area contributed by atoms with E-state index in [-0.39, 0.29) is 12.3 Å². The summed E-state index contributed by atoms with van der Waals surface area (Å²) in [6.45, 7) is 7.45. The number of carbonyl (C=O) groups excluding carboxylic acids is 2. The largest absolute Gasteiger partial charge is 0.481 e. The molecule has 2 heterocycles. The first kappa shape index (κ1) is 22.3. The molecule has 0 saturated carbocycles. The average molecular weight is 446 g/mol. The van der Waals surface area contributed by atoms with E-state index in [0.717, 1.165) is 39.1 Å². The van der Waals surface area contributed by atoms with Crippen LogP contribution in [0.25, 0.3) is 16.4 Å². The number of aryl methyl sites for hydroxylation is 3. The normalized spacial score (nSPS) is 12.0. The Morgan fingerprint density at radius 1 is 1.03 bits per heavy atom. The summed E-state index contributed by atoms with van der Waals surface area (Å²) >= 11 is 0. The molecule has 0 saturated heterocycles. The van der Waals surface area contributed by atoms with E-state index < -0.39 is 12.0 Å². The molecule has 0 bridgehead atoms. The third-order valence-corrected chi connectivity index (χ3v) is 5.62. The van der Waals surface area contributed by atoms with Crippen LogP contribution in [0.5, 0.6) is 5.75 Å². The predicted molar refractivity (Wildman–Crippen MR) is 126 cm³/mol. The van der Waals surface area contributed by atoms with Gasteiger partial charge in [0.2, 0.25) is 5.91 Å². The maximum absolute atomic E-state index is 12.4. The summed E-state index contributed by atoms with van der Waals surface area (Å²) in [5.74, 6) is -0.138. The lowest BCUT2D eigenvalue weighted by atomic mass is 10.1. The third kappa shape index (κ3) is 4.95. The second-order valence-corrected chi connectivity index (χ2v) is 8.12. The molecular formula is C25H27N5O3. The van der Waals surface area contributed by atoms with Crippen LogP contribution in [0.1, 0.15) is 36.0 Å². The zero-order chi connectivity index (χ0) is 23.5. The van der Waals surface area contributed by atoms with Crippen LogP contribution in [0.4, 0.5) is 0 Å². The summed E-state index contributed by atoms with van der Waals surface area (Å²) in [4.78, 5) is 29.3. The maximum atomic E-state index is 12.4. The van der Waals surface area contributed by atoms with Crippen molar-refractivity contribution >= 4 is 28.2 Å². The molecule has 4 aromatic rings. The number of nitrogens with zero attached hydrogens (tertiary/aromatic N) is 3. The molecule has 8 nitrogen and oxygen atoms in total. The van der Waals surface area contributed by atoms with E-state index in [1.54, 1.807) is 11.4 Å². The zero-order valence-corrected chi connectivity index (χ0v) is 19.2. The number of benzene rings is 2. The van der Waals surface area contributed by atoms with Gasteiger partial charge < -0.3 is 4.74 Å². The molecule has 0 spiro atoms. The molecule has 0 aliphatic carbocycles. The number of carbonyl (C=O) groups is 2. The fourth-order valence-electron chi connectivity index (χ4n) is 3.84. The van der Waals surface area contributed by atoms with Crippen LogP contribution in [0.15, 0.2) is 48.5 Å². The molecule has 0 fully saturated rings. The maximum Gasteiger partial charge on any atom is 0.279 e. The standard InChI is InChI=1S/C25H27N5O3/c1-15-13-23-26-16(2)22(17(3)30(23)29-15)11-12-24(31)27-28-25(32)18(4)33-21-10-9-19-7-5-6-8-20(19)14-21/h5-10,13-14,18H,11-12H2,1-4H3,(H,27,31)(H,28,32). The first-order valence-corrected chi connectivity index (χ1v) is 10.9. The molecular weight excluding hydrogens is 418 g/mol. The van der Waals surface area contributed by atoms with E-state index in [2.05, 4.69) is 20.9 Å². The highest BCUT2D eigenvalue weighted by molar-refractivity contribution is 5.86. The Morgan fingerprint density at radius 3 is 2.58 bits per heavy atom. The minimum Gasteiger partial charge on any atom is -0.481 e. The minimum absolute atomic E-state index is 0.204. The van der Waals surface area contributed by atoms with Crippen molar-refractivity contribution < 1.29 is 14.3 Å². The second-order valence-electron chi connectivity index (χ2n) is 8.12. The van der Waals surface area contributed by atoms with Gasteiger partial charge in [0.15, 0.2) is 11.8 Å². The zero-order valence-electron chi connectivity index (χ0n) is 19.2. The SMILES string of the molecule is Cc1cc2nc(C)c(CCC(=O)NNC(=O)C(C)Oc3ccc4ccccc4c3)c(C)n2n1. The van der Waals surface area contributed by atoms with Crippen molar-refractivity contribution in [2.24, 2.45) is 0 Å². The highest BCUT2D eigenvalue weighted by atomic mass is 16.5. The number of ether oxygens (including phenoxy) is 1. The lowest BCUT2D eigenvalue weighted by Crippen LogP contribution is -2.47. The van der Waals surface area contributed by atoms with Crippen LogP contribution in [-0.4, -0.2) is 32.5 Å². The van der Waals surface area contributed by atoms with Gasteiger partial charge in [-0.15, -0.1) is 0 Å². The Balaban J connectivity index is 1.30. The van der Waals surface area contributed by atoms with Crippen LogP contribution in [0, 0.1) is 20.8 Å². The van der Waals surface area contributed by atoms with Crippen molar-refractivity contribution in [3.8, 4) is 5.75 Å². The van der Waals surface area contributed by atoms with Gasteiger partial charge in [-0.2, -0.15) is 5.10 Å². The van der Waals surface area contributed by atoms with Gasteiger partial charge in [-0.1, -0.05) is 30.3 Å². The van der Waals surface area contributed by atoms with Gasteiger partial charge in [0.25, 0.3) is 5.91 Å². The van der Waals surface area contributed by atoms with Gasteiger partial charge >= 0.3 is 0 Å². The number of hydrogen-bond donors (Lipinski definition) is 2. The first-order valence-electron chi connectivity index (χ1n) is 10.9. The molecule has 2 N–H and O–H groups in total. The van der Waals surface area contributed by atoms with Crippen molar-refractivity contribution in [3.05, 3.63) is 71.2 Å². The molecule has 33 heavy (non-hydrogen) atoms. The van der Waals surface area contributed by atoms with Crippen molar-refractivity contribution in [1.82, 2.24) is 25.4 Å². The number of nitrogens with one attached hydrogen (secondary N) is 2.